The average Bonchev–Trinajstić information content (AvgIpc) is 2.31. The van der Waals surface area contributed by atoms with Crippen molar-refractivity contribution in [2.45, 2.75) is 38.8 Å². The summed E-state index contributed by atoms with van der Waals surface area (Å²) >= 11 is 0. The van der Waals surface area contributed by atoms with Gasteiger partial charge in [-0.15, -0.1) is 0 Å². The Bertz CT molecular complexity index is 319. The molecular formula is C11H21NO5. The molecule has 0 aliphatic carbocycles. The smallest absolute Gasteiger partial charge is 0.408 e. The lowest BCUT2D eigenvalue weighted by molar-refractivity contribution is -0.150. The fraction of sp³-hybridized carbons (Fsp3) is 0.818. The quantitative estimate of drug-likeness (QED) is 0.755. The molecule has 0 aliphatic heterocycles. The number of nitrogens with one attached hydrogen (secondary N) is 1. The SMILES string of the molecule is [2H]COC[C@](C[2H])(NC(=O)OC(C)(C)C)C(=O)OC. The lowest BCUT2D eigenvalue weighted by atomic mass is 10.1. The first-order valence-electron chi connectivity index (χ1n) is 6.38. The fourth-order valence-electron chi connectivity index (χ4n) is 1.01. The zero-order valence-corrected chi connectivity index (χ0v) is 10.7. The molecule has 100 valence electrons. The maximum Gasteiger partial charge on any atom is 0.408 e. The summed E-state index contributed by atoms with van der Waals surface area (Å²) in [7, 11) is 0.749. The maximum absolute atomic E-state index is 11.7. The van der Waals surface area contributed by atoms with E-state index in [1.165, 1.54) is 0 Å². The van der Waals surface area contributed by atoms with Gasteiger partial charge >= 0.3 is 12.1 Å². The molecule has 6 heteroatoms. The summed E-state index contributed by atoms with van der Waals surface area (Å²) in [6, 6.07) is 0. The van der Waals surface area contributed by atoms with Crippen LogP contribution in [0.1, 0.15) is 30.4 Å². The summed E-state index contributed by atoms with van der Waals surface area (Å²) in [5.41, 5.74) is -2.40. The number of amides is 1. The van der Waals surface area contributed by atoms with Crippen molar-refractivity contribution in [3.63, 3.8) is 0 Å². The number of carbonyl (C=O) groups excluding carboxylic acids is 2. The number of methoxy groups -OCH3 is 2. The standard InChI is InChI=1S/C11H21NO5/c1-10(2,3)17-9(14)12-11(4,7-15-5)8(13)16-6/h7H2,1-6H3,(H,12,14)/t11-/m0/s1/i4D,5D. The highest BCUT2D eigenvalue weighted by Gasteiger charge is 2.37. The highest BCUT2D eigenvalue weighted by molar-refractivity contribution is 5.85. The molecule has 0 bridgehead atoms. The lowest BCUT2D eigenvalue weighted by Gasteiger charge is -2.28. The summed E-state index contributed by atoms with van der Waals surface area (Å²) in [6.07, 6.45) is -0.848. The minimum absolute atomic E-state index is 0.327. The first kappa shape index (κ1) is 12.2. The molecule has 0 saturated carbocycles. The van der Waals surface area contributed by atoms with Crippen molar-refractivity contribution < 1.29 is 26.5 Å². The molecule has 1 atom stereocenters. The number of ether oxygens (including phenoxy) is 3. The van der Waals surface area contributed by atoms with E-state index in [1.54, 1.807) is 20.8 Å². The molecule has 0 fully saturated rings. The minimum Gasteiger partial charge on any atom is -0.467 e. The van der Waals surface area contributed by atoms with Gasteiger partial charge in [-0.2, -0.15) is 0 Å². The van der Waals surface area contributed by atoms with Crippen LogP contribution in [-0.2, 0) is 19.0 Å². The van der Waals surface area contributed by atoms with Crippen molar-refractivity contribution in [1.29, 1.82) is 0 Å². The molecule has 0 aromatic carbocycles. The van der Waals surface area contributed by atoms with Gasteiger partial charge in [0.15, 0.2) is 5.54 Å². The third-order valence-corrected chi connectivity index (χ3v) is 1.66. The number of esters is 1. The van der Waals surface area contributed by atoms with Crippen LogP contribution in [-0.4, -0.2) is 44.0 Å². The fourth-order valence-corrected chi connectivity index (χ4v) is 1.01. The van der Waals surface area contributed by atoms with Crippen LogP contribution < -0.4 is 5.32 Å². The Balaban J connectivity index is 4.92. The Hall–Kier alpha value is -1.30. The predicted octanol–water partition coefficient (Wildman–Crippen LogP) is 1.09. The summed E-state index contributed by atoms with van der Waals surface area (Å²) in [5, 5.41) is 2.29. The molecule has 1 N–H and O–H groups in total. The van der Waals surface area contributed by atoms with Gasteiger partial charge in [0.25, 0.3) is 0 Å². The Morgan fingerprint density at radius 3 is 2.41 bits per heavy atom. The van der Waals surface area contributed by atoms with Gasteiger partial charge in [-0.25, -0.2) is 9.59 Å². The molecule has 0 rings (SSSR count). The van der Waals surface area contributed by atoms with E-state index < -0.39 is 37.2 Å². The molecule has 0 aromatic rings. The molecule has 0 radical (unpaired) electrons. The number of hydrogen-bond donors (Lipinski definition) is 1. The van der Waals surface area contributed by atoms with E-state index in [-0.39, 0.29) is 6.61 Å². The molecule has 0 heterocycles. The van der Waals surface area contributed by atoms with Crippen molar-refractivity contribution in [3.8, 4) is 0 Å². The first-order chi connectivity index (χ1) is 8.70. The van der Waals surface area contributed by atoms with Crippen LogP contribution >= 0.6 is 0 Å². The van der Waals surface area contributed by atoms with Crippen LogP contribution in [0.25, 0.3) is 0 Å². The van der Waals surface area contributed by atoms with E-state index >= 15 is 0 Å². The van der Waals surface area contributed by atoms with Crippen molar-refractivity contribution in [2.24, 2.45) is 0 Å². The van der Waals surface area contributed by atoms with E-state index in [1.807, 2.05) is 0 Å². The molecule has 0 unspecified atom stereocenters. The second-order valence-corrected chi connectivity index (χ2v) is 4.55. The molecule has 17 heavy (non-hydrogen) atoms. The van der Waals surface area contributed by atoms with E-state index in [0.29, 0.717) is 0 Å². The summed E-state index contributed by atoms with van der Waals surface area (Å²) in [4.78, 5) is 23.4. The van der Waals surface area contributed by atoms with Crippen molar-refractivity contribution in [2.75, 3.05) is 20.8 Å². The largest absolute Gasteiger partial charge is 0.467 e. The van der Waals surface area contributed by atoms with E-state index in [2.05, 4.69) is 10.1 Å². The average molecular weight is 249 g/mol. The second-order valence-electron chi connectivity index (χ2n) is 4.55. The topological polar surface area (TPSA) is 73.9 Å². The molecule has 0 aliphatic rings. The van der Waals surface area contributed by atoms with Gasteiger partial charge in [-0.1, -0.05) is 0 Å². The molecule has 1 amide bonds. The highest BCUT2D eigenvalue weighted by atomic mass is 16.6. The van der Waals surface area contributed by atoms with Gasteiger partial charge in [0.05, 0.1) is 15.1 Å². The zero-order chi connectivity index (χ0) is 15.1. The van der Waals surface area contributed by atoms with Gasteiger partial charge in [0.1, 0.15) is 5.60 Å². The molecule has 0 aromatic heterocycles. The normalized spacial score (nSPS) is 16.2. The van der Waals surface area contributed by atoms with Gasteiger partial charge in [-0.3, -0.25) is 0 Å². The van der Waals surface area contributed by atoms with Crippen molar-refractivity contribution in [3.05, 3.63) is 0 Å². The summed E-state index contributed by atoms with van der Waals surface area (Å²) < 4.78 is 28.7. The Morgan fingerprint density at radius 2 is 2.00 bits per heavy atom. The Kier molecular flexibility index (Phi) is 4.19. The predicted molar refractivity (Wildman–Crippen MR) is 61.7 cm³/mol. The first-order valence-corrected chi connectivity index (χ1v) is 4.96. The van der Waals surface area contributed by atoms with E-state index in [0.717, 1.165) is 7.11 Å². The van der Waals surface area contributed by atoms with Crippen LogP contribution in [0.15, 0.2) is 0 Å². The summed E-state index contributed by atoms with van der Waals surface area (Å²) in [5.74, 6) is -0.818. The van der Waals surface area contributed by atoms with Crippen molar-refractivity contribution >= 4 is 12.1 Å². The number of carbonyl (C=O) groups is 2. The van der Waals surface area contributed by atoms with Gasteiger partial charge in [0.2, 0.25) is 0 Å². The molecule has 0 spiro atoms. The zero-order valence-electron chi connectivity index (χ0n) is 12.7. The number of hydrogen-bond acceptors (Lipinski definition) is 5. The van der Waals surface area contributed by atoms with Gasteiger partial charge < -0.3 is 19.5 Å². The Labute approximate surface area is 104 Å². The molecule has 6 nitrogen and oxygen atoms in total. The van der Waals surface area contributed by atoms with Crippen LogP contribution in [0.2, 0.25) is 0 Å². The van der Waals surface area contributed by atoms with Crippen LogP contribution in [0, 0.1) is 0 Å². The van der Waals surface area contributed by atoms with Crippen LogP contribution in [0.4, 0.5) is 4.79 Å². The van der Waals surface area contributed by atoms with Crippen LogP contribution in [0.3, 0.4) is 0 Å². The van der Waals surface area contributed by atoms with Crippen molar-refractivity contribution in [1.82, 2.24) is 5.32 Å². The third-order valence-electron chi connectivity index (χ3n) is 1.66. The van der Waals surface area contributed by atoms with Crippen LogP contribution in [0.5, 0.6) is 0 Å². The monoisotopic (exact) mass is 249 g/mol. The van der Waals surface area contributed by atoms with Gasteiger partial charge in [-0.05, 0) is 27.7 Å². The van der Waals surface area contributed by atoms with E-state index in [4.69, 9.17) is 12.2 Å². The maximum atomic E-state index is 11.7. The second kappa shape index (κ2) is 5.86. The van der Waals surface area contributed by atoms with E-state index in [9.17, 15) is 9.59 Å². The minimum atomic E-state index is -1.67. The molecular weight excluding hydrogens is 226 g/mol. The number of rotatable bonds is 4. The number of alkyl carbamates (subject to hydrolysis) is 1. The lowest BCUT2D eigenvalue weighted by Crippen LogP contribution is -2.56. The van der Waals surface area contributed by atoms with Gasteiger partial charge in [0, 0.05) is 8.46 Å². The molecule has 0 saturated heterocycles. The summed E-state index contributed by atoms with van der Waals surface area (Å²) in [6.45, 7) is 4.21. The highest BCUT2D eigenvalue weighted by Crippen LogP contribution is 2.11. The Morgan fingerprint density at radius 1 is 1.35 bits per heavy atom. The third kappa shape index (κ3) is 5.53.